The molecule has 0 bridgehead atoms. The number of carbonyl (C=O) groups excluding carboxylic acids is 1. The summed E-state index contributed by atoms with van der Waals surface area (Å²) >= 11 is 0. The monoisotopic (exact) mass is 747 g/mol. The first-order chi connectivity index (χ1) is 25.7. The summed E-state index contributed by atoms with van der Waals surface area (Å²) in [5.41, 5.74) is 18.1. The summed E-state index contributed by atoms with van der Waals surface area (Å²) in [7, 11) is 0. The molecule has 0 aromatic rings. The summed E-state index contributed by atoms with van der Waals surface area (Å²) in [5.74, 6) is 3.63. The second kappa shape index (κ2) is 22.8. The third-order valence-electron chi connectivity index (χ3n) is 15.2. The number of unbranched alkanes of at least 4 members (excludes halogenated alkanes) is 6. The molecule has 0 aromatic heterocycles. The molecular formula is C45H86N4O4. The zero-order valence-corrected chi connectivity index (χ0v) is 35.3. The van der Waals surface area contributed by atoms with Crippen LogP contribution in [0, 0.1) is 46.3 Å². The first-order valence-corrected chi connectivity index (χ1v) is 22.9. The Hall–Kier alpha value is -0.770. The van der Waals surface area contributed by atoms with Gasteiger partial charge in [0.15, 0.2) is 0 Å². The largest absolute Gasteiger partial charge is 0.378 e. The molecule has 0 aliphatic heterocycles. The second-order valence-corrected chi connectivity index (χ2v) is 18.5. The normalized spacial score (nSPS) is 34.3. The number of carbonyl (C=O) groups is 1. The van der Waals surface area contributed by atoms with Gasteiger partial charge in [0.1, 0.15) is 0 Å². The minimum atomic E-state index is 0.0550. The minimum Gasteiger partial charge on any atom is -0.378 e. The standard InChI is InChI=1S/C45H86N4O4/c1-6-8-10-12-26-49(27-13-11-9-7-2)42(50)20-17-34(3)37-18-19-38-43-39(33-41(45(37,38)5)53-30-16-25-48)44(4)22-21-36(51-28-14-23-46)31-35(44)32-40(43)52-29-15-24-47/h34-41,43H,6-33,46-48H2,1-5H3/t34-,35?,36?,37?,38+,39+,40-,41+,43?,44?,45?/m1/s1. The van der Waals surface area contributed by atoms with Gasteiger partial charge in [0.05, 0.1) is 18.3 Å². The van der Waals surface area contributed by atoms with Gasteiger partial charge in [-0.1, -0.05) is 73.1 Å². The Kier molecular flexibility index (Phi) is 19.4. The number of nitrogens with zero attached hydrogens (tertiary/aromatic N) is 1. The van der Waals surface area contributed by atoms with Crippen molar-refractivity contribution < 1.29 is 19.0 Å². The molecule has 4 aliphatic rings. The summed E-state index contributed by atoms with van der Waals surface area (Å²) < 4.78 is 20.4. The average molecular weight is 747 g/mol. The van der Waals surface area contributed by atoms with E-state index in [1.807, 2.05) is 0 Å². The lowest BCUT2D eigenvalue weighted by Crippen LogP contribution is -2.63. The van der Waals surface area contributed by atoms with Crippen LogP contribution in [-0.2, 0) is 19.0 Å². The van der Waals surface area contributed by atoms with Crippen molar-refractivity contribution in [3.05, 3.63) is 0 Å². The Labute approximate surface area is 326 Å². The number of hydrogen-bond donors (Lipinski definition) is 3. The zero-order chi connectivity index (χ0) is 38.3. The van der Waals surface area contributed by atoms with Crippen LogP contribution in [0.15, 0.2) is 0 Å². The van der Waals surface area contributed by atoms with Crippen molar-refractivity contribution >= 4 is 5.91 Å². The van der Waals surface area contributed by atoms with Gasteiger partial charge in [-0.05, 0) is 144 Å². The third-order valence-corrected chi connectivity index (χ3v) is 15.2. The van der Waals surface area contributed by atoms with E-state index < -0.39 is 0 Å². The van der Waals surface area contributed by atoms with Crippen molar-refractivity contribution in [3.8, 4) is 0 Å². The molecule has 0 radical (unpaired) electrons. The van der Waals surface area contributed by atoms with Gasteiger partial charge in [0.2, 0.25) is 5.91 Å². The Morgan fingerprint density at radius 2 is 1.36 bits per heavy atom. The molecule has 0 spiro atoms. The molecule has 11 atom stereocenters. The fraction of sp³-hybridized carbons (Fsp3) is 0.978. The highest BCUT2D eigenvalue weighted by Gasteiger charge is 2.66. The third kappa shape index (κ3) is 11.4. The molecule has 4 rings (SSSR count). The predicted octanol–water partition coefficient (Wildman–Crippen LogP) is 8.47. The SMILES string of the molecule is CCCCCCN(CCCCCC)C(=O)CC[C@@H](C)C1CC[C@H]2C3[C@H](OCCCN)CC4CC(OCCCN)CCC4(C)[C@H]3C[C@H](OCCCN)C12C. The number of rotatable bonds is 26. The quantitative estimate of drug-likeness (QED) is 0.0759. The minimum absolute atomic E-state index is 0.0550. The number of amides is 1. The summed E-state index contributed by atoms with van der Waals surface area (Å²) in [5, 5.41) is 0. The van der Waals surface area contributed by atoms with Crippen LogP contribution < -0.4 is 17.2 Å². The summed E-state index contributed by atoms with van der Waals surface area (Å²) in [6, 6.07) is 0. The molecule has 0 heterocycles. The van der Waals surface area contributed by atoms with Crippen molar-refractivity contribution in [1.29, 1.82) is 0 Å². The molecule has 8 heteroatoms. The topological polar surface area (TPSA) is 126 Å². The van der Waals surface area contributed by atoms with Gasteiger partial charge in [0.25, 0.3) is 0 Å². The highest BCUT2D eigenvalue weighted by Crippen LogP contribution is 2.69. The Morgan fingerprint density at radius 1 is 0.736 bits per heavy atom. The van der Waals surface area contributed by atoms with Gasteiger partial charge in [-0.15, -0.1) is 0 Å². The molecule has 0 saturated heterocycles. The first kappa shape index (κ1) is 44.9. The molecular weight excluding hydrogens is 661 g/mol. The molecule has 310 valence electrons. The Morgan fingerprint density at radius 3 is 1.98 bits per heavy atom. The van der Waals surface area contributed by atoms with Gasteiger partial charge in [-0.3, -0.25) is 4.79 Å². The number of ether oxygens (including phenoxy) is 3. The van der Waals surface area contributed by atoms with Gasteiger partial charge < -0.3 is 36.3 Å². The molecule has 6 N–H and O–H groups in total. The molecule has 4 fully saturated rings. The van der Waals surface area contributed by atoms with Crippen LogP contribution in [-0.4, -0.2) is 81.7 Å². The smallest absolute Gasteiger partial charge is 0.222 e. The number of nitrogens with two attached hydrogens (primary N) is 3. The van der Waals surface area contributed by atoms with Crippen molar-refractivity contribution in [2.24, 2.45) is 63.5 Å². The van der Waals surface area contributed by atoms with E-state index in [9.17, 15) is 4.79 Å². The second-order valence-electron chi connectivity index (χ2n) is 18.5. The van der Waals surface area contributed by atoms with Crippen molar-refractivity contribution in [1.82, 2.24) is 4.90 Å². The fourth-order valence-corrected chi connectivity index (χ4v) is 12.1. The lowest BCUT2D eigenvalue weighted by molar-refractivity contribution is -0.227. The number of fused-ring (bicyclic) bond motifs is 5. The van der Waals surface area contributed by atoms with E-state index in [1.165, 1.54) is 57.8 Å². The van der Waals surface area contributed by atoms with Gasteiger partial charge >= 0.3 is 0 Å². The van der Waals surface area contributed by atoms with Crippen LogP contribution in [0.2, 0.25) is 0 Å². The van der Waals surface area contributed by atoms with E-state index in [0.29, 0.717) is 73.6 Å². The maximum Gasteiger partial charge on any atom is 0.222 e. The zero-order valence-electron chi connectivity index (χ0n) is 35.3. The van der Waals surface area contributed by atoms with E-state index >= 15 is 0 Å². The van der Waals surface area contributed by atoms with Crippen LogP contribution in [0.1, 0.15) is 163 Å². The van der Waals surface area contributed by atoms with Crippen molar-refractivity contribution in [2.45, 2.75) is 181 Å². The van der Waals surface area contributed by atoms with Gasteiger partial charge in [-0.2, -0.15) is 0 Å². The summed E-state index contributed by atoms with van der Waals surface area (Å²) in [6.45, 7) is 18.3. The van der Waals surface area contributed by atoms with Crippen molar-refractivity contribution in [2.75, 3.05) is 52.5 Å². The fourth-order valence-electron chi connectivity index (χ4n) is 12.1. The molecule has 4 aliphatic carbocycles. The van der Waals surface area contributed by atoms with E-state index in [-0.39, 0.29) is 23.0 Å². The first-order valence-electron chi connectivity index (χ1n) is 22.9. The maximum absolute atomic E-state index is 13.9. The maximum atomic E-state index is 13.9. The van der Waals surface area contributed by atoms with Crippen LogP contribution in [0.25, 0.3) is 0 Å². The van der Waals surface area contributed by atoms with Crippen LogP contribution in [0.4, 0.5) is 0 Å². The van der Waals surface area contributed by atoms with Crippen LogP contribution in [0.3, 0.4) is 0 Å². The van der Waals surface area contributed by atoms with E-state index in [0.717, 1.165) is 97.1 Å². The molecule has 1 amide bonds. The Bertz CT molecular complexity index is 1020. The lowest BCUT2D eigenvalue weighted by Gasteiger charge is -2.65. The van der Waals surface area contributed by atoms with Crippen LogP contribution in [0.5, 0.6) is 0 Å². The number of hydrogen-bond acceptors (Lipinski definition) is 7. The Balaban J connectivity index is 1.54. The summed E-state index contributed by atoms with van der Waals surface area (Å²) in [4.78, 5) is 16.1. The lowest BCUT2D eigenvalue weighted by atomic mass is 9.43. The van der Waals surface area contributed by atoms with E-state index in [2.05, 4.69) is 39.5 Å². The van der Waals surface area contributed by atoms with E-state index in [4.69, 9.17) is 31.4 Å². The molecule has 0 aromatic carbocycles. The predicted molar refractivity (Wildman–Crippen MR) is 219 cm³/mol. The highest BCUT2D eigenvalue weighted by atomic mass is 16.5. The molecule has 4 saturated carbocycles. The van der Waals surface area contributed by atoms with Crippen LogP contribution >= 0.6 is 0 Å². The van der Waals surface area contributed by atoms with Crippen molar-refractivity contribution in [3.63, 3.8) is 0 Å². The highest BCUT2D eigenvalue weighted by molar-refractivity contribution is 5.76. The van der Waals surface area contributed by atoms with Gasteiger partial charge in [-0.25, -0.2) is 0 Å². The van der Waals surface area contributed by atoms with E-state index in [1.54, 1.807) is 0 Å². The summed E-state index contributed by atoms with van der Waals surface area (Å²) in [6.07, 6.45) is 23.0. The molecule has 8 nitrogen and oxygen atoms in total. The molecule has 6 unspecified atom stereocenters. The molecule has 53 heavy (non-hydrogen) atoms. The average Bonchev–Trinajstić information content (AvgIpc) is 3.51. The van der Waals surface area contributed by atoms with Gasteiger partial charge in [0, 0.05) is 44.7 Å².